The van der Waals surface area contributed by atoms with Gasteiger partial charge < -0.3 is 5.11 Å². The van der Waals surface area contributed by atoms with Crippen molar-refractivity contribution in [3.63, 3.8) is 0 Å². The molecule has 7 nitrogen and oxygen atoms in total. The van der Waals surface area contributed by atoms with Crippen molar-refractivity contribution in [2.75, 3.05) is 12.0 Å². The SMILES string of the molecule is CSCC[C@@H](NS(=O)(=O)c1c(C)n[nH]c1C)C(=O)O. The Kier molecular flexibility index (Phi) is 5.39. The number of nitrogens with one attached hydrogen (secondary N) is 2. The van der Waals surface area contributed by atoms with Crippen LogP contribution in [0, 0.1) is 13.8 Å². The molecule has 0 radical (unpaired) electrons. The van der Waals surface area contributed by atoms with E-state index in [1.165, 1.54) is 11.8 Å². The maximum atomic E-state index is 12.2. The van der Waals surface area contributed by atoms with Crippen LogP contribution in [0.15, 0.2) is 4.90 Å². The van der Waals surface area contributed by atoms with Crippen LogP contribution in [0.2, 0.25) is 0 Å². The van der Waals surface area contributed by atoms with Gasteiger partial charge in [0.2, 0.25) is 10.0 Å². The van der Waals surface area contributed by atoms with Crippen molar-refractivity contribution >= 4 is 27.8 Å². The fourth-order valence-corrected chi connectivity index (χ4v) is 3.72. The van der Waals surface area contributed by atoms with Crippen molar-refractivity contribution in [2.24, 2.45) is 0 Å². The first-order valence-electron chi connectivity index (χ1n) is 5.55. The van der Waals surface area contributed by atoms with E-state index < -0.39 is 22.0 Å². The number of nitrogens with zero attached hydrogens (tertiary/aromatic N) is 1. The summed E-state index contributed by atoms with van der Waals surface area (Å²) in [5.74, 6) is -0.625. The van der Waals surface area contributed by atoms with Gasteiger partial charge in [-0.3, -0.25) is 9.89 Å². The molecule has 9 heteroatoms. The fraction of sp³-hybridized carbons (Fsp3) is 0.600. The topological polar surface area (TPSA) is 112 Å². The van der Waals surface area contributed by atoms with Crippen LogP contribution in [0.4, 0.5) is 0 Å². The maximum absolute atomic E-state index is 12.2. The largest absolute Gasteiger partial charge is 0.480 e. The average Bonchev–Trinajstić information content (AvgIpc) is 2.64. The van der Waals surface area contributed by atoms with E-state index in [1.54, 1.807) is 13.8 Å². The molecule has 19 heavy (non-hydrogen) atoms. The van der Waals surface area contributed by atoms with Crippen LogP contribution in [0.1, 0.15) is 17.8 Å². The zero-order valence-corrected chi connectivity index (χ0v) is 12.6. The lowest BCUT2D eigenvalue weighted by molar-refractivity contribution is -0.139. The van der Waals surface area contributed by atoms with Crippen molar-refractivity contribution in [3.05, 3.63) is 11.4 Å². The minimum atomic E-state index is -3.89. The van der Waals surface area contributed by atoms with E-state index in [0.717, 1.165) is 0 Å². The Bertz CT molecular complexity index is 534. The monoisotopic (exact) mass is 307 g/mol. The first-order valence-corrected chi connectivity index (χ1v) is 8.43. The number of hydrogen-bond acceptors (Lipinski definition) is 5. The summed E-state index contributed by atoms with van der Waals surface area (Å²) < 4.78 is 26.6. The van der Waals surface area contributed by atoms with E-state index in [4.69, 9.17) is 5.11 Å². The highest BCUT2D eigenvalue weighted by molar-refractivity contribution is 7.98. The molecule has 1 atom stereocenters. The second-order valence-electron chi connectivity index (χ2n) is 4.06. The number of carbonyl (C=O) groups is 1. The number of sulfonamides is 1. The zero-order valence-electron chi connectivity index (χ0n) is 10.9. The molecule has 0 aliphatic heterocycles. The highest BCUT2D eigenvalue weighted by Gasteiger charge is 2.28. The van der Waals surface area contributed by atoms with Gasteiger partial charge in [0.05, 0.1) is 11.4 Å². The summed E-state index contributed by atoms with van der Waals surface area (Å²) in [4.78, 5) is 11.1. The number of aromatic amines is 1. The lowest BCUT2D eigenvalue weighted by Gasteiger charge is -2.14. The Balaban J connectivity index is 2.98. The Hall–Kier alpha value is -1.06. The lowest BCUT2D eigenvalue weighted by Crippen LogP contribution is -2.41. The second kappa shape index (κ2) is 6.40. The Labute approximate surface area is 116 Å². The molecular weight excluding hydrogens is 290 g/mol. The fourth-order valence-electron chi connectivity index (χ4n) is 1.65. The number of rotatable bonds is 7. The molecule has 1 heterocycles. The first-order chi connectivity index (χ1) is 8.79. The summed E-state index contributed by atoms with van der Waals surface area (Å²) in [6, 6.07) is -1.13. The third-order valence-electron chi connectivity index (χ3n) is 2.54. The van der Waals surface area contributed by atoms with Crippen molar-refractivity contribution in [2.45, 2.75) is 31.2 Å². The van der Waals surface area contributed by atoms with E-state index in [2.05, 4.69) is 14.9 Å². The number of hydrogen-bond donors (Lipinski definition) is 3. The average molecular weight is 307 g/mol. The molecule has 1 aromatic rings. The van der Waals surface area contributed by atoms with E-state index >= 15 is 0 Å². The van der Waals surface area contributed by atoms with E-state index in [-0.39, 0.29) is 11.3 Å². The minimum Gasteiger partial charge on any atom is -0.480 e. The first kappa shape index (κ1) is 16.0. The number of thioether (sulfide) groups is 1. The molecule has 0 unspecified atom stereocenters. The summed E-state index contributed by atoms with van der Waals surface area (Å²) in [5, 5.41) is 15.4. The normalized spacial score (nSPS) is 13.4. The molecule has 0 fully saturated rings. The predicted molar refractivity (Wildman–Crippen MR) is 72.8 cm³/mol. The smallest absolute Gasteiger partial charge is 0.321 e. The third-order valence-corrected chi connectivity index (χ3v) is 4.91. The highest BCUT2D eigenvalue weighted by atomic mass is 32.2. The summed E-state index contributed by atoms with van der Waals surface area (Å²) in [6.07, 6.45) is 2.06. The molecule has 0 saturated heterocycles. The third kappa shape index (κ3) is 3.95. The molecule has 0 amide bonds. The number of aromatic nitrogens is 2. The van der Waals surface area contributed by atoms with Gasteiger partial charge in [0.1, 0.15) is 10.9 Å². The molecular formula is C10H17N3O4S2. The van der Waals surface area contributed by atoms with Gasteiger partial charge in [-0.25, -0.2) is 8.42 Å². The van der Waals surface area contributed by atoms with Crippen LogP contribution in [-0.4, -0.2) is 47.7 Å². The van der Waals surface area contributed by atoms with Crippen LogP contribution in [0.25, 0.3) is 0 Å². The Morgan fingerprint density at radius 3 is 2.58 bits per heavy atom. The van der Waals surface area contributed by atoms with Gasteiger partial charge >= 0.3 is 5.97 Å². The van der Waals surface area contributed by atoms with Crippen LogP contribution in [0.5, 0.6) is 0 Å². The highest BCUT2D eigenvalue weighted by Crippen LogP contribution is 2.17. The maximum Gasteiger partial charge on any atom is 0.321 e. The summed E-state index contributed by atoms with van der Waals surface area (Å²) in [5.41, 5.74) is 0.706. The molecule has 108 valence electrons. The molecule has 0 aliphatic rings. The number of H-pyrrole nitrogens is 1. The second-order valence-corrected chi connectivity index (χ2v) is 6.69. The van der Waals surface area contributed by atoms with Gasteiger partial charge in [-0.15, -0.1) is 0 Å². The van der Waals surface area contributed by atoms with Crippen LogP contribution in [0.3, 0.4) is 0 Å². The predicted octanol–water partition coefficient (Wildman–Crippen LogP) is 0.511. The Morgan fingerprint density at radius 1 is 1.53 bits per heavy atom. The van der Waals surface area contributed by atoms with Crippen molar-refractivity contribution in [3.8, 4) is 0 Å². The quantitative estimate of drug-likeness (QED) is 0.676. The molecule has 0 bridgehead atoms. The summed E-state index contributed by atoms with van der Waals surface area (Å²) in [7, 11) is -3.89. The van der Waals surface area contributed by atoms with Gasteiger partial charge in [0, 0.05) is 0 Å². The van der Waals surface area contributed by atoms with E-state index in [1.807, 2.05) is 6.26 Å². The lowest BCUT2D eigenvalue weighted by atomic mass is 10.2. The van der Waals surface area contributed by atoms with Crippen LogP contribution in [-0.2, 0) is 14.8 Å². The summed E-state index contributed by atoms with van der Waals surface area (Å²) in [6.45, 7) is 3.13. The molecule has 3 N–H and O–H groups in total. The van der Waals surface area contributed by atoms with Crippen LogP contribution >= 0.6 is 11.8 Å². The van der Waals surface area contributed by atoms with E-state index in [0.29, 0.717) is 17.1 Å². The van der Waals surface area contributed by atoms with Gasteiger partial charge in [-0.1, -0.05) is 0 Å². The van der Waals surface area contributed by atoms with Gasteiger partial charge in [0.25, 0.3) is 0 Å². The number of aliphatic carboxylic acids is 1. The Morgan fingerprint density at radius 2 is 2.16 bits per heavy atom. The molecule has 1 rings (SSSR count). The molecule has 0 saturated carbocycles. The summed E-state index contributed by atoms with van der Waals surface area (Å²) >= 11 is 1.46. The van der Waals surface area contributed by atoms with Crippen LogP contribution < -0.4 is 4.72 Å². The molecule has 0 aliphatic carbocycles. The van der Waals surface area contributed by atoms with Gasteiger partial charge in [-0.05, 0) is 32.3 Å². The van der Waals surface area contributed by atoms with Crippen molar-refractivity contribution in [1.82, 2.24) is 14.9 Å². The van der Waals surface area contributed by atoms with Gasteiger partial charge in [0.15, 0.2) is 0 Å². The standard InChI is InChI=1S/C10H17N3O4S2/c1-6-9(7(2)12-11-6)19(16,17)13-8(10(14)15)4-5-18-3/h8,13H,4-5H2,1-3H3,(H,11,12)(H,14,15)/t8-/m1/s1. The van der Waals surface area contributed by atoms with Crippen molar-refractivity contribution in [1.29, 1.82) is 0 Å². The molecule has 0 aromatic carbocycles. The number of carboxylic acids is 1. The van der Waals surface area contributed by atoms with Gasteiger partial charge in [-0.2, -0.15) is 21.6 Å². The zero-order chi connectivity index (χ0) is 14.6. The minimum absolute atomic E-state index is 0.0166. The number of aryl methyl sites for hydroxylation is 2. The molecule has 0 spiro atoms. The van der Waals surface area contributed by atoms with Crippen molar-refractivity contribution < 1.29 is 18.3 Å². The molecule has 1 aromatic heterocycles. The number of carboxylic acid groups (broad SMARTS) is 1. The van der Waals surface area contributed by atoms with E-state index in [9.17, 15) is 13.2 Å².